The van der Waals surface area contributed by atoms with Crippen LogP contribution >= 0.6 is 22.6 Å². The van der Waals surface area contributed by atoms with E-state index in [0.29, 0.717) is 11.5 Å². The number of ether oxygens (including phenoxy) is 2. The highest BCUT2D eigenvalue weighted by molar-refractivity contribution is 14.1. The van der Waals surface area contributed by atoms with Crippen LogP contribution in [0.1, 0.15) is 5.56 Å². The van der Waals surface area contributed by atoms with Crippen molar-refractivity contribution in [3.63, 3.8) is 0 Å². The van der Waals surface area contributed by atoms with Gasteiger partial charge < -0.3 is 20.9 Å². The Kier molecular flexibility index (Phi) is 5.01. The van der Waals surface area contributed by atoms with Crippen LogP contribution in [-0.4, -0.2) is 26.4 Å². The topological polar surface area (TPSA) is 95.2 Å². The van der Waals surface area contributed by atoms with Gasteiger partial charge in [0.15, 0.2) is 11.5 Å². The normalized spacial score (nSPS) is 10.3. The molecule has 0 radical (unpaired) electrons. The molecule has 0 heterocycles. The molecule has 0 aromatic heterocycles. The molecule has 0 fully saturated rings. The lowest BCUT2D eigenvalue weighted by Gasteiger charge is -2.09. The average Bonchev–Trinajstić information content (AvgIpc) is 2.27. The Morgan fingerprint density at radius 3 is 2.53 bits per heavy atom. The Labute approximate surface area is 113 Å². The Hall–Kier alpha value is -1.51. The largest absolute Gasteiger partial charge is 0.493 e. The molecule has 17 heavy (non-hydrogen) atoms. The Balaban J connectivity index is 3.07. The number of nitrogens with two attached hydrogens (primary N) is 2. The molecule has 92 valence electrons. The lowest BCUT2D eigenvalue weighted by Crippen LogP contribution is -2.21. The van der Waals surface area contributed by atoms with E-state index in [0.717, 1.165) is 9.13 Å². The van der Waals surface area contributed by atoms with Crippen LogP contribution in [0.3, 0.4) is 0 Å². The minimum Gasteiger partial charge on any atom is -0.493 e. The molecule has 4 N–H and O–H groups in total. The maximum absolute atomic E-state index is 5.22. The Morgan fingerprint density at radius 1 is 1.29 bits per heavy atom. The van der Waals surface area contributed by atoms with Crippen LogP contribution in [0.5, 0.6) is 11.5 Å². The van der Waals surface area contributed by atoms with Crippen molar-refractivity contribution in [3.8, 4) is 11.5 Å². The molecular formula is C10H13IN4O2. The average molecular weight is 348 g/mol. The van der Waals surface area contributed by atoms with Crippen molar-refractivity contribution < 1.29 is 9.47 Å². The molecule has 1 aromatic carbocycles. The van der Waals surface area contributed by atoms with Crippen LogP contribution in [0, 0.1) is 3.57 Å². The minimum absolute atomic E-state index is 0.0866. The van der Waals surface area contributed by atoms with Gasteiger partial charge in [0.1, 0.15) is 0 Å². The summed E-state index contributed by atoms with van der Waals surface area (Å²) in [6.07, 6.45) is 1.53. The number of benzene rings is 1. The molecule has 0 bridgehead atoms. The molecule has 0 aliphatic carbocycles. The third-order valence-electron chi connectivity index (χ3n) is 1.84. The fourth-order valence-electron chi connectivity index (χ4n) is 1.17. The fourth-order valence-corrected chi connectivity index (χ4v) is 2.02. The van der Waals surface area contributed by atoms with Gasteiger partial charge in [0.25, 0.3) is 0 Å². The first kappa shape index (κ1) is 13.6. The van der Waals surface area contributed by atoms with E-state index in [1.54, 1.807) is 20.3 Å². The second kappa shape index (κ2) is 6.28. The zero-order valence-electron chi connectivity index (χ0n) is 9.48. The predicted octanol–water partition coefficient (Wildman–Crippen LogP) is 0.916. The number of nitrogens with zero attached hydrogens (tertiary/aromatic N) is 2. The van der Waals surface area contributed by atoms with Gasteiger partial charge in [0.2, 0.25) is 5.96 Å². The molecule has 0 amide bonds. The first-order valence-corrected chi connectivity index (χ1v) is 5.70. The monoisotopic (exact) mass is 348 g/mol. The van der Waals surface area contributed by atoms with Crippen LogP contribution < -0.4 is 20.9 Å². The van der Waals surface area contributed by atoms with Gasteiger partial charge in [0.05, 0.1) is 24.0 Å². The predicted molar refractivity (Wildman–Crippen MR) is 75.7 cm³/mol. The van der Waals surface area contributed by atoms with E-state index in [2.05, 4.69) is 32.8 Å². The van der Waals surface area contributed by atoms with Crippen LogP contribution in [0.15, 0.2) is 22.3 Å². The zero-order chi connectivity index (χ0) is 12.8. The van der Waals surface area contributed by atoms with Gasteiger partial charge in [-0.05, 0) is 40.3 Å². The van der Waals surface area contributed by atoms with Gasteiger partial charge in [-0.15, -0.1) is 5.10 Å². The van der Waals surface area contributed by atoms with Crippen molar-refractivity contribution in [3.05, 3.63) is 21.3 Å². The summed E-state index contributed by atoms with van der Waals surface area (Å²) in [4.78, 5) is 0. The van der Waals surface area contributed by atoms with E-state index in [1.807, 2.05) is 6.07 Å². The number of guanidine groups is 1. The van der Waals surface area contributed by atoms with Crippen molar-refractivity contribution in [2.24, 2.45) is 21.7 Å². The highest BCUT2D eigenvalue weighted by Crippen LogP contribution is 2.32. The highest BCUT2D eigenvalue weighted by Gasteiger charge is 2.09. The minimum atomic E-state index is -0.0866. The van der Waals surface area contributed by atoms with E-state index in [-0.39, 0.29) is 5.96 Å². The zero-order valence-corrected chi connectivity index (χ0v) is 11.6. The van der Waals surface area contributed by atoms with E-state index in [1.165, 1.54) is 6.21 Å². The summed E-state index contributed by atoms with van der Waals surface area (Å²) in [6, 6.07) is 3.67. The Bertz CT molecular complexity index is 456. The molecule has 1 aromatic rings. The van der Waals surface area contributed by atoms with Crippen LogP contribution in [0.2, 0.25) is 0 Å². The van der Waals surface area contributed by atoms with Crippen molar-refractivity contribution in [1.29, 1.82) is 0 Å². The van der Waals surface area contributed by atoms with Crippen molar-refractivity contribution in [1.82, 2.24) is 0 Å². The molecule has 6 nitrogen and oxygen atoms in total. The van der Waals surface area contributed by atoms with Crippen molar-refractivity contribution >= 4 is 34.8 Å². The van der Waals surface area contributed by atoms with Crippen molar-refractivity contribution in [2.75, 3.05) is 14.2 Å². The van der Waals surface area contributed by atoms with E-state index in [9.17, 15) is 0 Å². The first-order valence-electron chi connectivity index (χ1n) is 4.62. The third kappa shape index (κ3) is 3.77. The van der Waals surface area contributed by atoms with Gasteiger partial charge >= 0.3 is 0 Å². The van der Waals surface area contributed by atoms with Gasteiger partial charge in [-0.2, -0.15) is 5.10 Å². The summed E-state index contributed by atoms with van der Waals surface area (Å²) in [6.45, 7) is 0. The van der Waals surface area contributed by atoms with Crippen LogP contribution in [-0.2, 0) is 0 Å². The molecule has 1 rings (SSSR count). The lowest BCUT2D eigenvalue weighted by molar-refractivity contribution is 0.353. The molecule has 7 heteroatoms. The smallest absolute Gasteiger partial charge is 0.211 e. The SMILES string of the molecule is COc1cc(C=NN=C(N)N)cc(I)c1OC. The highest BCUT2D eigenvalue weighted by atomic mass is 127. The molecular weight excluding hydrogens is 335 g/mol. The standard InChI is InChI=1S/C10H13IN4O2/c1-16-8-4-6(5-14-15-10(12)13)3-7(11)9(8)17-2/h3-5H,1-2H3,(H4,12,13,15). The number of hydrogen-bond donors (Lipinski definition) is 2. The second-order valence-corrected chi connectivity index (χ2v) is 4.17. The van der Waals surface area contributed by atoms with Crippen LogP contribution in [0.25, 0.3) is 0 Å². The van der Waals surface area contributed by atoms with Gasteiger partial charge in [-0.3, -0.25) is 0 Å². The van der Waals surface area contributed by atoms with Crippen LogP contribution in [0.4, 0.5) is 0 Å². The summed E-state index contributed by atoms with van der Waals surface area (Å²) >= 11 is 2.15. The summed E-state index contributed by atoms with van der Waals surface area (Å²) in [5.74, 6) is 1.23. The van der Waals surface area contributed by atoms with Gasteiger partial charge in [-0.25, -0.2) is 0 Å². The molecule has 0 spiro atoms. The van der Waals surface area contributed by atoms with E-state index >= 15 is 0 Å². The van der Waals surface area contributed by atoms with E-state index < -0.39 is 0 Å². The summed E-state index contributed by atoms with van der Waals surface area (Å²) in [5, 5.41) is 7.24. The Morgan fingerprint density at radius 2 is 2.00 bits per heavy atom. The maximum Gasteiger partial charge on any atom is 0.211 e. The molecule has 0 unspecified atom stereocenters. The summed E-state index contributed by atoms with van der Waals surface area (Å²) < 4.78 is 11.3. The fraction of sp³-hybridized carbons (Fsp3) is 0.200. The number of rotatable bonds is 4. The number of halogens is 1. The summed E-state index contributed by atoms with van der Waals surface area (Å²) in [7, 11) is 3.16. The third-order valence-corrected chi connectivity index (χ3v) is 2.64. The molecule has 0 aliphatic rings. The number of hydrogen-bond acceptors (Lipinski definition) is 4. The molecule has 0 aliphatic heterocycles. The first-order chi connectivity index (χ1) is 8.08. The molecule has 0 saturated heterocycles. The van der Waals surface area contributed by atoms with E-state index in [4.69, 9.17) is 20.9 Å². The second-order valence-electron chi connectivity index (χ2n) is 3.01. The molecule has 0 atom stereocenters. The van der Waals surface area contributed by atoms with Gasteiger partial charge in [-0.1, -0.05) is 0 Å². The number of methoxy groups -OCH3 is 2. The van der Waals surface area contributed by atoms with Gasteiger partial charge in [0, 0.05) is 0 Å². The van der Waals surface area contributed by atoms with Crippen molar-refractivity contribution in [2.45, 2.75) is 0 Å². The summed E-state index contributed by atoms with van der Waals surface area (Å²) in [5.41, 5.74) is 11.1. The quantitative estimate of drug-likeness (QED) is 0.366. The molecule has 0 saturated carbocycles. The maximum atomic E-state index is 5.22. The lowest BCUT2D eigenvalue weighted by atomic mass is 10.2.